The topological polar surface area (TPSA) is 57.7 Å². The summed E-state index contributed by atoms with van der Waals surface area (Å²) in [6, 6.07) is 6.39. The molecule has 0 saturated carbocycles. The van der Waals surface area contributed by atoms with E-state index < -0.39 is 10.0 Å². The Labute approximate surface area is 136 Å². The average Bonchev–Trinajstić information content (AvgIpc) is 2.47. The quantitative estimate of drug-likeness (QED) is 0.791. The maximum absolute atomic E-state index is 12.6. The zero-order valence-electron chi connectivity index (χ0n) is 12.6. The van der Waals surface area contributed by atoms with Gasteiger partial charge in [-0.25, -0.2) is 8.42 Å². The molecule has 0 bridgehead atoms. The molecule has 1 amide bonds. The Morgan fingerprint density at radius 2 is 1.73 bits per heavy atom. The van der Waals surface area contributed by atoms with Gasteiger partial charge in [0.05, 0.1) is 5.02 Å². The molecular weight excluding hydrogens is 324 g/mol. The minimum atomic E-state index is -3.62. The van der Waals surface area contributed by atoms with Crippen LogP contribution in [0.1, 0.15) is 13.8 Å². The first-order valence-electron chi connectivity index (χ1n) is 7.01. The van der Waals surface area contributed by atoms with Crippen LogP contribution in [0.25, 0.3) is 0 Å². The molecule has 1 aromatic rings. The SMILES string of the molecule is CC(C)=CC(=O)N1CCN(S(=O)(=O)c2ccccc2Cl)CC1. The second-order valence-electron chi connectivity index (χ2n) is 5.38. The molecule has 0 radical (unpaired) electrons. The van der Waals surface area contributed by atoms with Gasteiger partial charge in [0.15, 0.2) is 0 Å². The molecule has 0 aliphatic carbocycles. The van der Waals surface area contributed by atoms with E-state index in [0.717, 1.165) is 5.57 Å². The Morgan fingerprint density at radius 1 is 1.14 bits per heavy atom. The summed E-state index contributed by atoms with van der Waals surface area (Å²) < 4.78 is 26.6. The molecule has 7 heteroatoms. The molecule has 2 rings (SSSR count). The first-order valence-corrected chi connectivity index (χ1v) is 8.82. The summed E-state index contributed by atoms with van der Waals surface area (Å²) in [6.45, 7) is 5.02. The molecule has 22 heavy (non-hydrogen) atoms. The lowest BCUT2D eigenvalue weighted by atomic mass is 10.3. The number of hydrogen-bond donors (Lipinski definition) is 0. The lowest BCUT2D eigenvalue weighted by Crippen LogP contribution is -2.50. The molecule has 5 nitrogen and oxygen atoms in total. The van der Waals surface area contributed by atoms with E-state index in [0.29, 0.717) is 13.1 Å². The summed E-state index contributed by atoms with van der Waals surface area (Å²) in [4.78, 5) is 13.7. The summed E-state index contributed by atoms with van der Waals surface area (Å²) in [5.74, 6) is -0.0743. The van der Waals surface area contributed by atoms with Crippen molar-refractivity contribution in [1.29, 1.82) is 0 Å². The fraction of sp³-hybridized carbons (Fsp3) is 0.400. The van der Waals surface area contributed by atoms with Crippen molar-refractivity contribution in [2.24, 2.45) is 0 Å². The number of halogens is 1. The van der Waals surface area contributed by atoms with Crippen molar-refractivity contribution in [2.45, 2.75) is 18.7 Å². The van der Waals surface area contributed by atoms with Gasteiger partial charge in [-0.3, -0.25) is 4.79 Å². The number of carbonyl (C=O) groups excluding carboxylic acids is 1. The molecule has 0 N–H and O–H groups in total. The van der Waals surface area contributed by atoms with E-state index in [4.69, 9.17) is 11.6 Å². The van der Waals surface area contributed by atoms with E-state index in [1.807, 2.05) is 13.8 Å². The minimum Gasteiger partial charge on any atom is -0.337 e. The highest BCUT2D eigenvalue weighted by atomic mass is 35.5. The molecule has 1 aliphatic heterocycles. The van der Waals surface area contributed by atoms with E-state index in [9.17, 15) is 13.2 Å². The maximum atomic E-state index is 12.6. The third-order valence-corrected chi connectivity index (χ3v) is 5.82. The number of allylic oxidation sites excluding steroid dienone is 1. The lowest BCUT2D eigenvalue weighted by molar-refractivity contribution is -0.127. The van der Waals surface area contributed by atoms with Crippen molar-refractivity contribution >= 4 is 27.5 Å². The van der Waals surface area contributed by atoms with Gasteiger partial charge in [-0.15, -0.1) is 0 Å². The molecule has 0 unspecified atom stereocenters. The highest BCUT2D eigenvalue weighted by Gasteiger charge is 2.30. The number of sulfonamides is 1. The van der Waals surface area contributed by atoms with Crippen LogP contribution in [0.2, 0.25) is 5.02 Å². The number of nitrogens with zero attached hydrogens (tertiary/aromatic N) is 2. The van der Waals surface area contributed by atoms with Crippen molar-refractivity contribution < 1.29 is 13.2 Å². The Kier molecular flexibility index (Phi) is 5.26. The highest BCUT2D eigenvalue weighted by molar-refractivity contribution is 7.89. The van der Waals surface area contributed by atoms with Crippen LogP contribution in [0, 0.1) is 0 Å². The Bertz CT molecular complexity index is 688. The lowest BCUT2D eigenvalue weighted by Gasteiger charge is -2.33. The van der Waals surface area contributed by atoms with E-state index in [2.05, 4.69) is 0 Å². The van der Waals surface area contributed by atoms with Gasteiger partial charge in [0.25, 0.3) is 0 Å². The van der Waals surface area contributed by atoms with Gasteiger partial charge in [0, 0.05) is 32.3 Å². The number of piperazine rings is 1. The second-order valence-corrected chi connectivity index (χ2v) is 7.70. The normalized spacial score (nSPS) is 16.4. The zero-order chi connectivity index (χ0) is 16.3. The summed E-state index contributed by atoms with van der Waals surface area (Å²) in [6.07, 6.45) is 1.57. The van der Waals surface area contributed by atoms with Crippen LogP contribution in [0.4, 0.5) is 0 Å². The minimum absolute atomic E-state index is 0.0743. The van der Waals surface area contributed by atoms with Crippen molar-refractivity contribution in [2.75, 3.05) is 26.2 Å². The monoisotopic (exact) mass is 342 g/mol. The molecule has 0 spiro atoms. The molecule has 1 saturated heterocycles. The number of hydrogen-bond acceptors (Lipinski definition) is 3. The molecule has 1 aromatic carbocycles. The number of amides is 1. The third-order valence-electron chi connectivity index (χ3n) is 3.42. The second kappa shape index (κ2) is 6.81. The van der Waals surface area contributed by atoms with Crippen LogP contribution in [-0.2, 0) is 14.8 Å². The average molecular weight is 343 g/mol. The smallest absolute Gasteiger partial charge is 0.246 e. The van der Waals surface area contributed by atoms with Crippen LogP contribution in [-0.4, -0.2) is 49.7 Å². The molecule has 1 fully saturated rings. The van der Waals surface area contributed by atoms with Gasteiger partial charge in [-0.05, 0) is 26.0 Å². The summed E-state index contributed by atoms with van der Waals surface area (Å²) in [7, 11) is -3.62. The van der Waals surface area contributed by atoms with E-state index in [1.54, 1.807) is 29.2 Å². The molecule has 0 aromatic heterocycles. The number of rotatable bonds is 3. The van der Waals surface area contributed by atoms with E-state index >= 15 is 0 Å². The Hall–Kier alpha value is -1.37. The molecule has 1 heterocycles. The summed E-state index contributed by atoms with van der Waals surface area (Å²) >= 11 is 5.99. The first kappa shape index (κ1) is 17.0. The number of benzene rings is 1. The van der Waals surface area contributed by atoms with Crippen LogP contribution < -0.4 is 0 Å². The standard InChI is InChI=1S/C15H19ClN2O3S/c1-12(2)11-15(19)17-7-9-18(10-8-17)22(20,21)14-6-4-3-5-13(14)16/h3-6,11H,7-10H2,1-2H3. The highest BCUT2D eigenvalue weighted by Crippen LogP contribution is 2.25. The maximum Gasteiger partial charge on any atom is 0.246 e. The van der Waals surface area contributed by atoms with Crippen molar-refractivity contribution in [1.82, 2.24) is 9.21 Å². The zero-order valence-corrected chi connectivity index (χ0v) is 14.2. The van der Waals surface area contributed by atoms with E-state index in [-0.39, 0.29) is 28.9 Å². The van der Waals surface area contributed by atoms with Gasteiger partial charge >= 0.3 is 0 Å². The van der Waals surface area contributed by atoms with E-state index in [1.165, 1.54) is 10.4 Å². The van der Waals surface area contributed by atoms with Crippen molar-refractivity contribution in [3.05, 3.63) is 40.9 Å². The molecule has 0 atom stereocenters. The first-order chi connectivity index (χ1) is 10.3. The van der Waals surface area contributed by atoms with Gasteiger partial charge in [-0.2, -0.15) is 4.31 Å². The Balaban J connectivity index is 2.10. The van der Waals surface area contributed by atoms with Gasteiger partial charge < -0.3 is 4.90 Å². The summed E-state index contributed by atoms with van der Waals surface area (Å²) in [5, 5.41) is 0.213. The molecule has 1 aliphatic rings. The van der Waals surface area contributed by atoms with Gasteiger partial charge in [-0.1, -0.05) is 29.3 Å². The molecule has 120 valence electrons. The fourth-order valence-electron chi connectivity index (χ4n) is 2.28. The fourth-order valence-corrected chi connectivity index (χ4v) is 4.20. The third kappa shape index (κ3) is 3.69. The summed E-state index contributed by atoms with van der Waals surface area (Å²) in [5.41, 5.74) is 0.927. The van der Waals surface area contributed by atoms with Gasteiger partial charge in [0.1, 0.15) is 4.90 Å². The number of carbonyl (C=O) groups is 1. The predicted molar refractivity (Wildman–Crippen MR) is 86.2 cm³/mol. The van der Waals surface area contributed by atoms with Crippen LogP contribution >= 0.6 is 11.6 Å². The van der Waals surface area contributed by atoms with Crippen LogP contribution in [0.3, 0.4) is 0 Å². The molecular formula is C15H19ClN2O3S. The largest absolute Gasteiger partial charge is 0.337 e. The Morgan fingerprint density at radius 3 is 2.27 bits per heavy atom. The van der Waals surface area contributed by atoms with Crippen LogP contribution in [0.5, 0.6) is 0 Å². The van der Waals surface area contributed by atoms with Crippen molar-refractivity contribution in [3.8, 4) is 0 Å². The predicted octanol–water partition coefficient (Wildman–Crippen LogP) is 2.14. The van der Waals surface area contributed by atoms with Crippen LogP contribution in [0.15, 0.2) is 40.8 Å². The van der Waals surface area contributed by atoms with Crippen molar-refractivity contribution in [3.63, 3.8) is 0 Å². The van der Waals surface area contributed by atoms with Gasteiger partial charge in [0.2, 0.25) is 15.9 Å².